The van der Waals surface area contributed by atoms with Gasteiger partial charge < -0.3 is 9.88 Å². The molecule has 0 bridgehead atoms. The SMILES string of the molecule is CCC(C)Nc1nnc(-c2ccc(C)n(C)c2=O)s1. The summed E-state index contributed by atoms with van der Waals surface area (Å²) >= 11 is 1.41. The van der Waals surface area contributed by atoms with Gasteiger partial charge in [-0.2, -0.15) is 0 Å². The molecule has 0 aliphatic heterocycles. The van der Waals surface area contributed by atoms with Crippen LogP contribution in [-0.2, 0) is 7.05 Å². The summed E-state index contributed by atoms with van der Waals surface area (Å²) < 4.78 is 1.62. The highest BCUT2D eigenvalue weighted by Gasteiger charge is 2.12. The van der Waals surface area contributed by atoms with Crippen LogP contribution >= 0.6 is 11.3 Å². The molecule has 0 saturated heterocycles. The van der Waals surface area contributed by atoms with Crippen molar-refractivity contribution in [2.75, 3.05) is 5.32 Å². The van der Waals surface area contributed by atoms with Crippen LogP contribution in [0.5, 0.6) is 0 Å². The zero-order chi connectivity index (χ0) is 14.0. The number of pyridine rings is 1. The number of aryl methyl sites for hydroxylation is 1. The molecule has 1 unspecified atom stereocenters. The van der Waals surface area contributed by atoms with Crippen LogP contribution in [0, 0.1) is 6.92 Å². The van der Waals surface area contributed by atoms with E-state index < -0.39 is 0 Å². The first kappa shape index (κ1) is 13.7. The van der Waals surface area contributed by atoms with Gasteiger partial charge in [0.25, 0.3) is 5.56 Å². The first-order valence-electron chi connectivity index (χ1n) is 6.30. The minimum Gasteiger partial charge on any atom is -0.358 e. The second-order valence-corrected chi connectivity index (χ2v) is 5.60. The van der Waals surface area contributed by atoms with Crippen molar-refractivity contribution in [3.8, 4) is 10.6 Å². The lowest BCUT2D eigenvalue weighted by Gasteiger charge is -2.07. The fraction of sp³-hybridized carbons (Fsp3) is 0.462. The second-order valence-electron chi connectivity index (χ2n) is 4.62. The second kappa shape index (κ2) is 5.52. The molecule has 6 heteroatoms. The van der Waals surface area contributed by atoms with Crippen molar-refractivity contribution in [3.05, 3.63) is 28.2 Å². The molecule has 0 saturated carbocycles. The summed E-state index contributed by atoms with van der Waals surface area (Å²) in [4.78, 5) is 12.2. The van der Waals surface area contributed by atoms with Crippen LogP contribution in [0.2, 0.25) is 0 Å². The van der Waals surface area contributed by atoms with E-state index in [2.05, 4.69) is 29.4 Å². The summed E-state index contributed by atoms with van der Waals surface area (Å²) in [5, 5.41) is 12.9. The van der Waals surface area contributed by atoms with Gasteiger partial charge in [0.2, 0.25) is 5.13 Å². The molecule has 5 nitrogen and oxygen atoms in total. The molecule has 0 radical (unpaired) electrons. The number of hydrogen-bond donors (Lipinski definition) is 1. The molecule has 2 aromatic rings. The average Bonchev–Trinajstić information content (AvgIpc) is 2.84. The van der Waals surface area contributed by atoms with E-state index in [-0.39, 0.29) is 5.56 Å². The highest BCUT2D eigenvalue weighted by atomic mass is 32.1. The van der Waals surface area contributed by atoms with Crippen LogP contribution in [0.25, 0.3) is 10.6 Å². The van der Waals surface area contributed by atoms with Crippen molar-refractivity contribution < 1.29 is 0 Å². The molecule has 2 aromatic heterocycles. The third-order valence-corrected chi connectivity index (χ3v) is 4.08. The van der Waals surface area contributed by atoms with Crippen LogP contribution < -0.4 is 10.9 Å². The summed E-state index contributed by atoms with van der Waals surface area (Å²) in [5.41, 5.74) is 1.49. The van der Waals surface area contributed by atoms with Crippen molar-refractivity contribution in [1.29, 1.82) is 0 Å². The minimum absolute atomic E-state index is 0.0359. The van der Waals surface area contributed by atoms with Crippen LogP contribution in [0.15, 0.2) is 16.9 Å². The van der Waals surface area contributed by atoms with E-state index in [4.69, 9.17) is 0 Å². The Labute approximate surface area is 116 Å². The molecule has 0 fully saturated rings. The van der Waals surface area contributed by atoms with Crippen molar-refractivity contribution in [1.82, 2.24) is 14.8 Å². The molecule has 0 aliphatic carbocycles. The Bertz CT molecular complexity index is 632. The Morgan fingerprint density at radius 3 is 2.84 bits per heavy atom. The molecule has 2 rings (SSSR count). The van der Waals surface area contributed by atoms with Crippen molar-refractivity contribution in [2.24, 2.45) is 7.05 Å². The van der Waals surface area contributed by atoms with Gasteiger partial charge in [-0.15, -0.1) is 10.2 Å². The van der Waals surface area contributed by atoms with E-state index in [1.165, 1.54) is 11.3 Å². The molecule has 1 atom stereocenters. The molecule has 0 amide bonds. The summed E-state index contributed by atoms with van der Waals surface area (Å²) in [6.45, 7) is 6.10. The molecular formula is C13H18N4OS. The third kappa shape index (κ3) is 2.84. The van der Waals surface area contributed by atoms with Gasteiger partial charge in [0.05, 0.1) is 5.56 Å². The Morgan fingerprint density at radius 1 is 1.42 bits per heavy atom. The number of anilines is 1. The fourth-order valence-electron chi connectivity index (χ4n) is 1.59. The quantitative estimate of drug-likeness (QED) is 0.933. The van der Waals surface area contributed by atoms with E-state index in [1.807, 2.05) is 19.1 Å². The van der Waals surface area contributed by atoms with Crippen molar-refractivity contribution >= 4 is 16.5 Å². The molecule has 0 aliphatic rings. The van der Waals surface area contributed by atoms with Gasteiger partial charge >= 0.3 is 0 Å². The predicted octanol–water partition coefficient (Wildman–Crippen LogP) is 2.42. The summed E-state index contributed by atoms with van der Waals surface area (Å²) in [6, 6.07) is 4.08. The molecule has 19 heavy (non-hydrogen) atoms. The number of nitrogens with one attached hydrogen (secondary N) is 1. The molecular weight excluding hydrogens is 260 g/mol. The lowest BCUT2D eigenvalue weighted by atomic mass is 10.2. The smallest absolute Gasteiger partial charge is 0.260 e. The maximum Gasteiger partial charge on any atom is 0.260 e. The number of hydrogen-bond acceptors (Lipinski definition) is 5. The van der Waals surface area contributed by atoms with Crippen LogP contribution in [0.3, 0.4) is 0 Å². The summed E-state index contributed by atoms with van der Waals surface area (Å²) in [6.07, 6.45) is 1.02. The zero-order valence-corrected chi connectivity index (χ0v) is 12.4. The first-order valence-corrected chi connectivity index (χ1v) is 7.11. The first-order chi connectivity index (χ1) is 9.02. The highest BCUT2D eigenvalue weighted by Crippen LogP contribution is 2.24. The maximum absolute atomic E-state index is 12.2. The lowest BCUT2D eigenvalue weighted by Crippen LogP contribution is -2.20. The largest absolute Gasteiger partial charge is 0.358 e. The fourth-order valence-corrected chi connectivity index (χ4v) is 2.47. The normalized spacial score (nSPS) is 12.4. The zero-order valence-electron chi connectivity index (χ0n) is 11.6. The molecule has 0 spiro atoms. The summed E-state index contributed by atoms with van der Waals surface area (Å²) in [5.74, 6) is 0. The topological polar surface area (TPSA) is 59.8 Å². The Balaban J connectivity index is 2.33. The summed E-state index contributed by atoms with van der Waals surface area (Å²) in [7, 11) is 1.76. The van der Waals surface area contributed by atoms with E-state index >= 15 is 0 Å². The van der Waals surface area contributed by atoms with E-state index in [9.17, 15) is 4.79 Å². The molecule has 0 aromatic carbocycles. The van der Waals surface area contributed by atoms with Gasteiger partial charge in [-0.3, -0.25) is 4.79 Å². The predicted molar refractivity (Wildman–Crippen MR) is 78.7 cm³/mol. The molecule has 102 valence electrons. The van der Waals surface area contributed by atoms with Crippen molar-refractivity contribution in [2.45, 2.75) is 33.2 Å². The average molecular weight is 278 g/mol. The van der Waals surface area contributed by atoms with E-state index in [0.29, 0.717) is 16.6 Å². The number of rotatable bonds is 4. The van der Waals surface area contributed by atoms with Crippen LogP contribution in [0.1, 0.15) is 26.0 Å². The van der Waals surface area contributed by atoms with E-state index in [0.717, 1.165) is 17.2 Å². The Kier molecular flexibility index (Phi) is 3.99. The maximum atomic E-state index is 12.2. The monoisotopic (exact) mass is 278 g/mol. The molecule has 2 heterocycles. The van der Waals surface area contributed by atoms with Crippen molar-refractivity contribution in [3.63, 3.8) is 0 Å². The standard InChI is InChI=1S/C13H18N4OS/c1-5-8(2)14-13-16-15-11(19-13)10-7-6-9(3)17(4)12(10)18/h6-8H,5H2,1-4H3,(H,14,16). The molecule has 1 N–H and O–H groups in total. The lowest BCUT2D eigenvalue weighted by molar-refractivity contribution is 0.760. The van der Waals surface area contributed by atoms with Gasteiger partial charge in [-0.1, -0.05) is 18.3 Å². The highest BCUT2D eigenvalue weighted by molar-refractivity contribution is 7.18. The van der Waals surface area contributed by atoms with E-state index in [1.54, 1.807) is 11.6 Å². The van der Waals surface area contributed by atoms with Gasteiger partial charge in [-0.25, -0.2) is 0 Å². The Hall–Kier alpha value is -1.69. The third-order valence-electron chi connectivity index (χ3n) is 3.19. The van der Waals surface area contributed by atoms with Gasteiger partial charge in [0, 0.05) is 18.8 Å². The number of aromatic nitrogens is 3. The Morgan fingerprint density at radius 2 is 2.16 bits per heavy atom. The van der Waals surface area contributed by atoms with Gasteiger partial charge in [-0.05, 0) is 32.4 Å². The van der Waals surface area contributed by atoms with Gasteiger partial charge in [0.15, 0.2) is 5.01 Å². The minimum atomic E-state index is -0.0359. The number of nitrogens with zero attached hydrogens (tertiary/aromatic N) is 3. The van der Waals surface area contributed by atoms with Crippen LogP contribution in [-0.4, -0.2) is 20.8 Å². The van der Waals surface area contributed by atoms with Crippen LogP contribution in [0.4, 0.5) is 5.13 Å². The van der Waals surface area contributed by atoms with Gasteiger partial charge in [0.1, 0.15) is 0 Å².